The molecule has 2 heterocycles. The molecular weight excluding hydrogens is 214 g/mol. The number of ketones is 1. The van der Waals surface area contributed by atoms with Crippen LogP contribution in [0.3, 0.4) is 0 Å². The van der Waals surface area contributed by atoms with Gasteiger partial charge >= 0.3 is 0 Å². The summed E-state index contributed by atoms with van der Waals surface area (Å²) in [5, 5.41) is 0.567. The predicted octanol–water partition coefficient (Wildman–Crippen LogP) is 2.43. The number of H-pyrrole nitrogens is 1. The Balaban J connectivity index is 2.10. The Morgan fingerprint density at radius 2 is 2.29 bits per heavy atom. The van der Waals surface area contributed by atoms with Crippen molar-refractivity contribution in [1.82, 2.24) is 4.98 Å². The van der Waals surface area contributed by atoms with Crippen molar-refractivity contribution in [1.29, 1.82) is 0 Å². The van der Waals surface area contributed by atoms with Crippen molar-refractivity contribution in [2.75, 3.05) is 11.5 Å². The van der Waals surface area contributed by atoms with Gasteiger partial charge in [0.25, 0.3) is 0 Å². The van der Waals surface area contributed by atoms with Crippen LogP contribution in [-0.2, 0) is 0 Å². The fraction of sp³-hybridized carbons (Fsp3) is 0.500. The van der Waals surface area contributed by atoms with Crippen LogP contribution in [0, 0.1) is 0 Å². The average molecular weight is 227 g/mol. The zero-order chi connectivity index (χ0) is 9.97. The standard InChI is InChI=1S/C10H13NOS2/c1-7-10(14-6-5-13-7)9(12)8-3-2-4-11-8/h2-4,7,10-11H,5-6H2,1H3. The highest BCUT2D eigenvalue weighted by molar-refractivity contribution is 8.07. The van der Waals surface area contributed by atoms with Crippen molar-refractivity contribution >= 4 is 29.3 Å². The molecule has 0 spiro atoms. The van der Waals surface area contributed by atoms with E-state index in [1.54, 1.807) is 18.0 Å². The fourth-order valence-corrected chi connectivity index (χ4v) is 4.27. The lowest BCUT2D eigenvalue weighted by Gasteiger charge is -2.26. The quantitative estimate of drug-likeness (QED) is 0.788. The molecule has 1 fully saturated rings. The minimum Gasteiger partial charge on any atom is -0.359 e. The van der Waals surface area contributed by atoms with Crippen LogP contribution in [0.1, 0.15) is 17.4 Å². The Bertz CT molecular complexity index is 310. The first kappa shape index (κ1) is 10.2. The fourth-order valence-electron chi connectivity index (χ4n) is 1.56. The van der Waals surface area contributed by atoms with Crippen LogP contribution in [0.25, 0.3) is 0 Å². The summed E-state index contributed by atoms with van der Waals surface area (Å²) in [6, 6.07) is 3.73. The van der Waals surface area contributed by atoms with E-state index in [1.807, 2.05) is 23.9 Å². The zero-order valence-corrected chi connectivity index (χ0v) is 9.66. The van der Waals surface area contributed by atoms with E-state index in [1.165, 1.54) is 5.75 Å². The van der Waals surface area contributed by atoms with Crippen molar-refractivity contribution in [3.05, 3.63) is 24.0 Å². The highest BCUT2D eigenvalue weighted by atomic mass is 32.2. The second-order valence-corrected chi connectivity index (χ2v) is 6.05. The minimum absolute atomic E-state index is 0.132. The molecular formula is C10H13NOS2. The van der Waals surface area contributed by atoms with Gasteiger partial charge in [-0.2, -0.15) is 11.8 Å². The number of aromatic nitrogens is 1. The van der Waals surface area contributed by atoms with Gasteiger partial charge in [0.05, 0.1) is 10.9 Å². The van der Waals surface area contributed by atoms with Crippen LogP contribution >= 0.6 is 23.5 Å². The molecule has 0 amide bonds. The molecule has 1 aromatic rings. The monoisotopic (exact) mass is 227 g/mol. The second-order valence-electron chi connectivity index (χ2n) is 3.32. The van der Waals surface area contributed by atoms with Gasteiger partial charge in [-0.3, -0.25) is 4.79 Å². The van der Waals surface area contributed by atoms with E-state index in [2.05, 4.69) is 11.9 Å². The molecule has 1 aromatic heterocycles. The maximum absolute atomic E-state index is 12.0. The molecule has 2 atom stereocenters. The van der Waals surface area contributed by atoms with Crippen LogP contribution in [0.2, 0.25) is 0 Å². The number of carbonyl (C=O) groups excluding carboxylic acids is 1. The molecule has 1 aliphatic rings. The van der Waals surface area contributed by atoms with Gasteiger partial charge in [0.15, 0.2) is 5.78 Å². The third-order valence-corrected chi connectivity index (χ3v) is 5.40. The number of nitrogens with one attached hydrogen (secondary N) is 1. The lowest BCUT2D eigenvalue weighted by atomic mass is 10.2. The molecule has 0 saturated carbocycles. The molecule has 0 radical (unpaired) electrons. The van der Waals surface area contributed by atoms with Gasteiger partial charge < -0.3 is 4.98 Å². The van der Waals surface area contributed by atoms with Gasteiger partial charge in [0.2, 0.25) is 0 Å². The van der Waals surface area contributed by atoms with Gasteiger partial charge in [0.1, 0.15) is 0 Å². The summed E-state index contributed by atoms with van der Waals surface area (Å²) in [5.41, 5.74) is 0.747. The topological polar surface area (TPSA) is 32.9 Å². The normalized spacial score (nSPS) is 27.5. The first-order valence-corrected chi connectivity index (χ1v) is 6.79. The van der Waals surface area contributed by atoms with Crippen LogP contribution in [0.15, 0.2) is 18.3 Å². The Morgan fingerprint density at radius 1 is 1.50 bits per heavy atom. The van der Waals surface area contributed by atoms with Gasteiger partial charge in [-0.25, -0.2) is 0 Å². The summed E-state index contributed by atoms with van der Waals surface area (Å²) in [6.07, 6.45) is 1.80. The summed E-state index contributed by atoms with van der Waals surface area (Å²) < 4.78 is 0. The number of carbonyl (C=O) groups is 1. The molecule has 1 N–H and O–H groups in total. The highest BCUT2D eigenvalue weighted by Gasteiger charge is 2.29. The van der Waals surface area contributed by atoms with Crippen LogP contribution < -0.4 is 0 Å². The molecule has 0 aliphatic carbocycles. The first-order chi connectivity index (χ1) is 6.79. The number of thioether (sulfide) groups is 2. The summed E-state index contributed by atoms with van der Waals surface area (Å²) in [5.74, 6) is 2.51. The molecule has 2 rings (SSSR count). The molecule has 76 valence electrons. The second kappa shape index (κ2) is 4.45. The van der Waals surface area contributed by atoms with E-state index in [9.17, 15) is 4.79 Å². The van der Waals surface area contributed by atoms with E-state index >= 15 is 0 Å². The Hall–Kier alpha value is -0.350. The lowest BCUT2D eigenvalue weighted by molar-refractivity contribution is 0.0985. The SMILES string of the molecule is CC1SCCSC1C(=O)c1ccc[nH]1. The van der Waals surface area contributed by atoms with E-state index in [0.29, 0.717) is 5.25 Å². The smallest absolute Gasteiger partial charge is 0.193 e. The average Bonchev–Trinajstić information content (AvgIpc) is 2.70. The maximum Gasteiger partial charge on any atom is 0.193 e. The van der Waals surface area contributed by atoms with E-state index in [0.717, 1.165) is 11.4 Å². The van der Waals surface area contributed by atoms with Gasteiger partial charge in [-0.1, -0.05) is 6.92 Å². The van der Waals surface area contributed by atoms with Gasteiger partial charge in [-0.15, -0.1) is 11.8 Å². The number of rotatable bonds is 2. The largest absolute Gasteiger partial charge is 0.359 e. The summed E-state index contributed by atoms with van der Waals surface area (Å²) in [6.45, 7) is 2.14. The van der Waals surface area contributed by atoms with E-state index in [4.69, 9.17) is 0 Å². The number of aromatic amines is 1. The molecule has 2 nitrogen and oxygen atoms in total. The molecule has 14 heavy (non-hydrogen) atoms. The van der Waals surface area contributed by atoms with Gasteiger partial charge in [-0.05, 0) is 12.1 Å². The third kappa shape index (κ3) is 2.01. The zero-order valence-electron chi connectivity index (χ0n) is 8.03. The van der Waals surface area contributed by atoms with Crippen molar-refractivity contribution in [3.63, 3.8) is 0 Å². The van der Waals surface area contributed by atoms with Crippen LogP contribution in [0.5, 0.6) is 0 Å². The molecule has 4 heteroatoms. The number of Topliss-reactive ketones (excluding diaryl/α,β-unsaturated/α-hetero) is 1. The lowest BCUT2D eigenvalue weighted by Crippen LogP contribution is -2.31. The summed E-state index contributed by atoms with van der Waals surface area (Å²) in [4.78, 5) is 15.0. The van der Waals surface area contributed by atoms with Crippen LogP contribution in [0.4, 0.5) is 0 Å². The molecule has 0 aromatic carbocycles. The third-order valence-electron chi connectivity index (χ3n) is 2.31. The maximum atomic E-state index is 12.0. The Morgan fingerprint density at radius 3 is 2.93 bits per heavy atom. The van der Waals surface area contributed by atoms with Crippen molar-refractivity contribution in [2.24, 2.45) is 0 Å². The molecule has 1 aliphatic heterocycles. The number of hydrogen-bond acceptors (Lipinski definition) is 3. The molecule has 2 unspecified atom stereocenters. The Kier molecular flexibility index (Phi) is 3.23. The van der Waals surface area contributed by atoms with Crippen molar-refractivity contribution in [2.45, 2.75) is 17.4 Å². The highest BCUT2D eigenvalue weighted by Crippen LogP contribution is 2.32. The summed E-state index contributed by atoms with van der Waals surface area (Å²) >= 11 is 3.68. The first-order valence-electron chi connectivity index (χ1n) is 4.70. The minimum atomic E-state index is 0.132. The molecule has 0 bridgehead atoms. The predicted molar refractivity (Wildman–Crippen MR) is 63.3 cm³/mol. The number of hydrogen-bond donors (Lipinski definition) is 1. The van der Waals surface area contributed by atoms with Crippen molar-refractivity contribution < 1.29 is 4.79 Å². The summed E-state index contributed by atoms with van der Waals surface area (Å²) in [7, 11) is 0. The van der Waals surface area contributed by atoms with Crippen molar-refractivity contribution in [3.8, 4) is 0 Å². The van der Waals surface area contributed by atoms with Gasteiger partial charge in [0, 0.05) is 23.0 Å². The Labute approximate surface area is 92.2 Å². The van der Waals surface area contributed by atoms with E-state index < -0.39 is 0 Å². The van der Waals surface area contributed by atoms with E-state index in [-0.39, 0.29) is 11.0 Å². The van der Waals surface area contributed by atoms with Crippen LogP contribution in [-0.4, -0.2) is 32.8 Å². The molecule has 1 saturated heterocycles.